The number of nitrogens with zero attached hydrogens (tertiary/aromatic N) is 1. The second-order valence-electron chi connectivity index (χ2n) is 18.1. The van der Waals surface area contributed by atoms with E-state index in [1.807, 2.05) is 0 Å². The summed E-state index contributed by atoms with van der Waals surface area (Å²) in [6.07, 6.45) is 0. The molecule has 0 aromatic heterocycles. The quantitative estimate of drug-likeness (QED) is 0.170. The highest BCUT2D eigenvalue weighted by Crippen LogP contribution is 2.57. The maximum absolute atomic E-state index is 2.54. The van der Waals surface area contributed by atoms with Crippen LogP contribution in [0.4, 0.5) is 17.1 Å². The SMILES string of the molecule is CC1(C)c2ccccc2-c2cc(-c3ccc(N(c4ccccc4-c4cccc5c4-c4ccccc4C5(C)C)c4cccc5c4C(C)(C)c4ccccc4-5)cc3)ccc21. The molecule has 0 saturated heterocycles. The van der Waals surface area contributed by atoms with Gasteiger partial charge >= 0.3 is 0 Å². The average Bonchev–Trinajstić information content (AvgIpc) is 3.74. The van der Waals surface area contributed by atoms with Crippen LogP contribution < -0.4 is 4.90 Å². The summed E-state index contributed by atoms with van der Waals surface area (Å²) in [5, 5.41) is 0. The summed E-state index contributed by atoms with van der Waals surface area (Å²) in [7, 11) is 0. The number of anilines is 3. The molecule has 0 fully saturated rings. The van der Waals surface area contributed by atoms with Crippen molar-refractivity contribution >= 4 is 17.1 Å². The molecule has 8 aromatic rings. The Bertz CT molecular complexity index is 2970. The molecule has 0 unspecified atom stereocenters. The van der Waals surface area contributed by atoms with Gasteiger partial charge in [-0.3, -0.25) is 0 Å². The van der Waals surface area contributed by atoms with E-state index in [4.69, 9.17) is 0 Å². The minimum absolute atomic E-state index is 0.0116. The Morgan fingerprint density at radius 2 is 0.776 bits per heavy atom. The van der Waals surface area contributed by atoms with Crippen molar-refractivity contribution in [2.75, 3.05) is 4.90 Å². The van der Waals surface area contributed by atoms with E-state index >= 15 is 0 Å². The second kappa shape index (κ2) is 12.3. The highest BCUT2D eigenvalue weighted by molar-refractivity contribution is 6.00. The molecule has 8 aromatic carbocycles. The Balaban J connectivity index is 1.11. The smallest absolute Gasteiger partial charge is 0.0540 e. The van der Waals surface area contributed by atoms with Crippen LogP contribution in [0.15, 0.2) is 176 Å². The summed E-state index contributed by atoms with van der Waals surface area (Å²) in [5.41, 5.74) is 24.5. The maximum Gasteiger partial charge on any atom is 0.0540 e. The molecule has 0 aliphatic heterocycles. The van der Waals surface area contributed by atoms with Gasteiger partial charge in [0.2, 0.25) is 0 Å². The second-order valence-corrected chi connectivity index (χ2v) is 18.1. The summed E-state index contributed by atoms with van der Waals surface area (Å²) in [6.45, 7) is 14.2. The van der Waals surface area contributed by atoms with Gasteiger partial charge in [-0.15, -0.1) is 0 Å². The normalized spacial score (nSPS) is 15.5. The van der Waals surface area contributed by atoms with Gasteiger partial charge in [0.1, 0.15) is 0 Å². The first-order valence-corrected chi connectivity index (χ1v) is 20.8. The molecule has 0 amide bonds. The molecule has 58 heavy (non-hydrogen) atoms. The van der Waals surface area contributed by atoms with Gasteiger partial charge in [-0.05, 0) is 114 Å². The first-order valence-electron chi connectivity index (χ1n) is 20.8. The predicted octanol–water partition coefficient (Wildman–Crippen LogP) is 15.4. The van der Waals surface area contributed by atoms with Crippen molar-refractivity contribution in [2.24, 2.45) is 0 Å². The zero-order valence-corrected chi connectivity index (χ0v) is 34.2. The van der Waals surface area contributed by atoms with Crippen LogP contribution in [0.1, 0.15) is 74.9 Å². The van der Waals surface area contributed by atoms with Crippen LogP contribution in [0.5, 0.6) is 0 Å². The van der Waals surface area contributed by atoms with Gasteiger partial charge in [0, 0.05) is 27.5 Å². The summed E-state index contributed by atoms with van der Waals surface area (Å²) in [6, 6.07) is 66.1. The van der Waals surface area contributed by atoms with E-state index in [0.717, 1.165) is 5.69 Å². The summed E-state index contributed by atoms with van der Waals surface area (Å²) in [4.78, 5) is 2.54. The predicted molar refractivity (Wildman–Crippen MR) is 245 cm³/mol. The van der Waals surface area contributed by atoms with E-state index in [1.165, 1.54) is 100 Å². The molecule has 1 heteroatoms. The minimum atomic E-state index is -0.193. The third-order valence-electron chi connectivity index (χ3n) is 13.9. The van der Waals surface area contributed by atoms with E-state index in [-0.39, 0.29) is 16.2 Å². The molecule has 0 heterocycles. The van der Waals surface area contributed by atoms with E-state index < -0.39 is 0 Å². The first kappa shape index (κ1) is 34.8. The lowest BCUT2D eigenvalue weighted by molar-refractivity contribution is 0.660. The average molecular weight is 746 g/mol. The Morgan fingerprint density at radius 3 is 1.50 bits per heavy atom. The Hall–Kier alpha value is -6.44. The number of rotatable bonds is 5. The fraction of sp³-hybridized carbons (Fsp3) is 0.158. The zero-order valence-electron chi connectivity index (χ0n) is 34.2. The zero-order chi connectivity index (χ0) is 39.6. The summed E-state index contributed by atoms with van der Waals surface area (Å²) >= 11 is 0. The highest BCUT2D eigenvalue weighted by Gasteiger charge is 2.40. The van der Waals surface area contributed by atoms with Crippen LogP contribution >= 0.6 is 0 Å². The molecular weight excluding hydrogens is 699 g/mol. The fourth-order valence-corrected chi connectivity index (χ4v) is 11.0. The Morgan fingerprint density at radius 1 is 0.310 bits per heavy atom. The van der Waals surface area contributed by atoms with Gasteiger partial charge in [0.15, 0.2) is 0 Å². The summed E-state index contributed by atoms with van der Waals surface area (Å²) < 4.78 is 0. The van der Waals surface area contributed by atoms with Crippen molar-refractivity contribution in [3.05, 3.63) is 209 Å². The van der Waals surface area contributed by atoms with E-state index in [1.54, 1.807) is 0 Å². The molecule has 3 aliphatic rings. The van der Waals surface area contributed by atoms with Crippen LogP contribution in [-0.4, -0.2) is 0 Å². The van der Waals surface area contributed by atoms with E-state index in [9.17, 15) is 0 Å². The number of fused-ring (bicyclic) bond motifs is 9. The topological polar surface area (TPSA) is 3.24 Å². The molecule has 0 bridgehead atoms. The van der Waals surface area contributed by atoms with Gasteiger partial charge in [-0.1, -0.05) is 187 Å². The minimum Gasteiger partial charge on any atom is -0.310 e. The van der Waals surface area contributed by atoms with Gasteiger partial charge in [0.05, 0.1) is 11.4 Å². The maximum atomic E-state index is 2.54. The molecule has 0 saturated carbocycles. The van der Waals surface area contributed by atoms with Crippen LogP contribution in [0.3, 0.4) is 0 Å². The van der Waals surface area contributed by atoms with Crippen molar-refractivity contribution in [1.29, 1.82) is 0 Å². The largest absolute Gasteiger partial charge is 0.310 e. The van der Waals surface area contributed by atoms with Crippen molar-refractivity contribution < 1.29 is 0 Å². The summed E-state index contributed by atoms with van der Waals surface area (Å²) in [5.74, 6) is 0. The molecule has 0 radical (unpaired) electrons. The Kier molecular flexibility index (Phi) is 7.36. The van der Waals surface area contributed by atoms with Gasteiger partial charge in [-0.2, -0.15) is 0 Å². The lowest BCUT2D eigenvalue weighted by Crippen LogP contribution is -2.21. The van der Waals surface area contributed by atoms with E-state index in [2.05, 4.69) is 222 Å². The molecule has 0 spiro atoms. The third kappa shape index (κ3) is 4.77. The molecule has 1 nitrogen and oxygen atoms in total. The number of para-hydroxylation sites is 1. The van der Waals surface area contributed by atoms with Crippen LogP contribution in [-0.2, 0) is 16.2 Å². The fourth-order valence-electron chi connectivity index (χ4n) is 11.0. The van der Waals surface area contributed by atoms with Gasteiger partial charge in [-0.25, -0.2) is 0 Å². The van der Waals surface area contributed by atoms with Crippen LogP contribution in [0.25, 0.3) is 55.6 Å². The molecule has 11 rings (SSSR count). The molecule has 0 atom stereocenters. The highest BCUT2D eigenvalue weighted by atomic mass is 15.1. The van der Waals surface area contributed by atoms with E-state index in [0.29, 0.717) is 0 Å². The number of hydrogen-bond donors (Lipinski definition) is 0. The first-order chi connectivity index (χ1) is 28.1. The monoisotopic (exact) mass is 745 g/mol. The molecule has 280 valence electrons. The molecule has 0 N–H and O–H groups in total. The van der Waals surface area contributed by atoms with Crippen molar-refractivity contribution in [1.82, 2.24) is 0 Å². The van der Waals surface area contributed by atoms with Crippen molar-refractivity contribution in [3.8, 4) is 55.6 Å². The van der Waals surface area contributed by atoms with Crippen molar-refractivity contribution in [3.63, 3.8) is 0 Å². The molecule has 3 aliphatic carbocycles. The van der Waals surface area contributed by atoms with Crippen LogP contribution in [0, 0.1) is 0 Å². The lowest BCUT2D eigenvalue weighted by atomic mass is 9.81. The number of hydrogen-bond acceptors (Lipinski definition) is 1. The third-order valence-corrected chi connectivity index (χ3v) is 13.9. The lowest BCUT2D eigenvalue weighted by Gasteiger charge is -2.33. The molecular formula is C57H47N. The van der Waals surface area contributed by atoms with Gasteiger partial charge in [0.25, 0.3) is 0 Å². The Labute approximate surface area is 343 Å². The van der Waals surface area contributed by atoms with Crippen LogP contribution in [0.2, 0.25) is 0 Å². The standard InChI is InChI=1S/C57H47N/c1-55(2)46-23-11-8-18-40(46)45-35-37(31-34-49(45)55)36-29-32-38(33-30-36)58(52-28-16-22-43-39-17-7-12-24-47(39)57(5,6)54(43)52)51-27-14-10-19-41(51)42-21-15-26-50-53(42)44-20-9-13-25-48(44)56(50,3)4/h7-35H,1-6H3. The van der Waals surface area contributed by atoms with Crippen molar-refractivity contribution in [2.45, 2.75) is 57.8 Å². The van der Waals surface area contributed by atoms with Gasteiger partial charge < -0.3 is 4.90 Å². The number of benzene rings is 8.